The topological polar surface area (TPSA) is 57.6 Å². The predicted molar refractivity (Wildman–Crippen MR) is 90.0 cm³/mol. The van der Waals surface area contributed by atoms with Crippen molar-refractivity contribution in [3.8, 4) is 0 Å². The summed E-state index contributed by atoms with van der Waals surface area (Å²) in [4.78, 5) is 0. The fourth-order valence-electron chi connectivity index (χ4n) is 3.41. The van der Waals surface area contributed by atoms with Crippen molar-refractivity contribution in [3.05, 3.63) is 34.3 Å². The molecule has 0 amide bonds. The summed E-state index contributed by atoms with van der Waals surface area (Å²) >= 11 is 3.39. The van der Waals surface area contributed by atoms with Crippen molar-refractivity contribution >= 4 is 26.0 Å². The van der Waals surface area contributed by atoms with Gasteiger partial charge in [-0.3, -0.25) is 0 Å². The minimum Gasteiger partial charge on any atom is -0.384 e. The molecule has 1 heterocycles. The van der Waals surface area contributed by atoms with Crippen molar-refractivity contribution in [1.82, 2.24) is 4.31 Å². The van der Waals surface area contributed by atoms with Gasteiger partial charge in [0.2, 0.25) is 10.0 Å². The van der Waals surface area contributed by atoms with Crippen molar-refractivity contribution < 1.29 is 13.5 Å². The van der Waals surface area contributed by atoms with Crippen LogP contribution in [0.2, 0.25) is 0 Å². The first-order chi connectivity index (χ1) is 10.3. The molecule has 1 saturated heterocycles. The van der Waals surface area contributed by atoms with Crippen LogP contribution in [0.25, 0.3) is 0 Å². The van der Waals surface area contributed by atoms with E-state index in [0.29, 0.717) is 25.8 Å². The first kappa shape index (κ1) is 16.4. The van der Waals surface area contributed by atoms with E-state index in [1.165, 1.54) is 4.31 Å². The molecule has 2 fully saturated rings. The second kappa shape index (κ2) is 5.58. The standard InChI is InChI=1S/C16H22BrNO3S/c1-2-15(9-10-15)22(20,21)18-11-3-8-16(19,12-18)13-4-6-14(17)7-5-13/h4-7,19H,2-3,8-12H2,1H3. The van der Waals surface area contributed by atoms with Crippen LogP contribution < -0.4 is 0 Å². The maximum Gasteiger partial charge on any atom is 0.219 e. The monoisotopic (exact) mass is 387 g/mol. The van der Waals surface area contributed by atoms with Crippen LogP contribution in [0, 0.1) is 0 Å². The summed E-state index contributed by atoms with van der Waals surface area (Å²) in [5, 5.41) is 11.0. The van der Waals surface area contributed by atoms with E-state index in [9.17, 15) is 13.5 Å². The largest absolute Gasteiger partial charge is 0.384 e. The van der Waals surface area contributed by atoms with E-state index in [0.717, 1.165) is 22.9 Å². The van der Waals surface area contributed by atoms with Gasteiger partial charge in [0, 0.05) is 17.6 Å². The number of halogens is 1. The molecule has 1 aliphatic carbocycles. The number of benzene rings is 1. The van der Waals surface area contributed by atoms with Crippen molar-refractivity contribution in [3.63, 3.8) is 0 Å². The quantitative estimate of drug-likeness (QED) is 0.863. The Morgan fingerprint density at radius 2 is 1.86 bits per heavy atom. The Bertz CT molecular complexity index is 654. The number of hydrogen-bond acceptors (Lipinski definition) is 3. The van der Waals surface area contributed by atoms with Gasteiger partial charge in [0.05, 0.1) is 4.75 Å². The third-order valence-electron chi connectivity index (χ3n) is 5.16. The van der Waals surface area contributed by atoms with Crippen LogP contribution in [0.1, 0.15) is 44.6 Å². The van der Waals surface area contributed by atoms with Gasteiger partial charge >= 0.3 is 0 Å². The van der Waals surface area contributed by atoms with E-state index < -0.39 is 20.4 Å². The van der Waals surface area contributed by atoms with Crippen molar-refractivity contribution in [2.45, 2.75) is 49.4 Å². The fraction of sp³-hybridized carbons (Fsp3) is 0.625. The number of nitrogens with zero attached hydrogens (tertiary/aromatic N) is 1. The molecule has 1 saturated carbocycles. The first-order valence-corrected chi connectivity index (χ1v) is 10.0. The molecule has 1 unspecified atom stereocenters. The number of rotatable bonds is 4. The van der Waals surface area contributed by atoms with Gasteiger partial charge in [-0.25, -0.2) is 8.42 Å². The van der Waals surface area contributed by atoms with Gasteiger partial charge in [-0.15, -0.1) is 0 Å². The van der Waals surface area contributed by atoms with Crippen molar-refractivity contribution in [2.24, 2.45) is 0 Å². The van der Waals surface area contributed by atoms with E-state index >= 15 is 0 Å². The Hall–Kier alpha value is -0.430. The lowest BCUT2D eigenvalue weighted by molar-refractivity contribution is -0.0127. The number of hydrogen-bond donors (Lipinski definition) is 1. The van der Waals surface area contributed by atoms with Gasteiger partial charge in [-0.1, -0.05) is 35.0 Å². The molecule has 3 rings (SSSR count). The normalized spacial score (nSPS) is 28.5. The molecule has 6 heteroatoms. The highest BCUT2D eigenvalue weighted by atomic mass is 79.9. The second-order valence-electron chi connectivity index (χ2n) is 6.52. The summed E-state index contributed by atoms with van der Waals surface area (Å²) in [6, 6.07) is 7.50. The lowest BCUT2D eigenvalue weighted by atomic mass is 9.87. The molecule has 1 aromatic rings. The zero-order valence-corrected chi connectivity index (χ0v) is 15.2. The number of β-amino-alcohol motifs (C(OH)–C–C–N with tert-alkyl or cyclic N) is 1. The zero-order valence-electron chi connectivity index (χ0n) is 12.8. The summed E-state index contributed by atoms with van der Waals surface area (Å²) in [5.74, 6) is 0. The molecule has 2 aliphatic rings. The average molecular weight is 388 g/mol. The Morgan fingerprint density at radius 1 is 1.23 bits per heavy atom. The summed E-state index contributed by atoms with van der Waals surface area (Å²) < 4.78 is 27.7. The molecule has 1 aromatic carbocycles. The van der Waals surface area contributed by atoms with Crippen LogP contribution in [-0.4, -0.2) is 35.7 Å². The van der Waals surface area contributed by atoms with Gasteiger partial charge in [-0.2, -0.15) is 4.31 Å². The highest BCUT2D eigenvalue weighted by molar-refractivity contribution is 9.10. The van der Waals surface area contributed by atoms with Gasteiger partial charge in [0.15, 0.2) is 0 Å². The SMILES string of the molecule is CCC1(S(=O)(=O)N2CCCC(O)(c3ccc(Br)cc3)C2)CC1. The lowest BCUT2D eigenvalue weighted by Gasteiger charge is -2.40. The van der Waals surface area contributed by atoms with E-state index in [4.69, 9.17) is 0 Å². The van der Waals surface area contributed by atoms with Crippen LogP contribution in [0.5, 0.6) is 0 Å². The lowest BCUT2D eigenvalue weighted by Crippen LogP contribution is -2.51. The Morgan fingerprint density at radius 3 is 2.41 bits per heavy atom. The number of sulfonamides is 1. The van der Waals surface area contributed by atoms with E-state index in [-0.39, 0.29) is 6.54 Å². The summed E-state index contributed by atoms with van der Waals surface area (Å²) in [6.45, 7) is 2.62. The maximum atomic E-state index is 12.9. The summed E-state index contributed by atoms with van der Waals surface area (Å²) in [6.07, 6.45) is 3.44. The number of aliphatic hydroxyl groups is 1. The van der Waals surface area contributed by atoms with Crippen LogP contribution >= 0.6 is 15.9 Å². The Balaban J connectivity index is 1.87. The highest BCUT2D eigenvalue weighted by Crippen LogP contribution is 2.49. The van der Waals surface area contributed by atoms with E-state index in [1.807, 2.05) is 31.2 Å². The Kier molecular flexibility index (Phi) is 4.17. The van der Waals surface area contributed by atoms with Gasteiger partial charge in [0.25, 0.3) is 0 Å². The second-order valence-corrected chi connectivity index (χ2v) is 9.77. The average Bonchev–Trinajstić information content (AvgIpc) is 3.29. The molecule has 0 aromatic heterocycles. The van der Waals surface area contributed by atoms with Crippen LogP contribution in [0.3, 0.4) is 0 Å². The predicted octanol–water partition coefficient (Wildman–Crippen LogP) is 3.00. The number of piperidine rings is 1. The molecule has 0 radical (unpaired) electrons. The van der Waals surface area contributed by atoms with Crippen LogP contribution in [-0.2, 0) is 15.6 Å². The van der Waals surface area contributed by atoms with Gasteiger partial charge < -0.3 is 5.11 Å². The highest BCUT2D eigenvalue weighted by Gasteiger charge is 2.56. The minimum absolute atomic E-state index is 0.165. The smallest absolute Gasteiger partial charge is 0.219 e. The Labute approximate surface area is 140 Å². The molecule has 1 atom stereocenters. The first-order valence-electron chi connectivity index (χ1n) is 7.81. The van der Waals surface area contributed by atoms with Gasteiger partial charge in [0.1, 0.15) is 5.60 Å². The zero-order chi connectivity index (χ0) is 16.0. The maximum absolute atomic E-state index is 12.9. The van der Waals surface area contributed by atoms with Crippen molar-refractivity contribution in [1.29, 1.82) is 0 Å². The molecular weight excluding hydrogens is 366 g/mol. The van der Waals surface area contributed by atoms with Crippen LogP contribution in [0.4, 0.5) is 0 Å². The minimum atomic E-state index is -3.32. The van der Waals surface area contributed by atoms with Crippen molar-refractivity contribution in [2.75, 3.05) is 13.1 Å². The molecule has 0 bridgehead atoms. The third kappa shape index (κ3) is 2.64. The molecule has 4 nitrogen and oxygen atoms in total. The third-order valence-corrected chi connectivity index (χ3v) is 8.47. The van der Waals surface area contributed by atoms with Crippen LogP contribution in [0.15, 0.2) is 28.7 Å². The molecular formula is C16H22BrNO3S. The summed E-state index contributed by atoms with van der Waals surface area (Å²) in [5.41, 5.74) is -0.299. The molecule has 22 heavy (non-hydrogen) atoms. The summed E-state index contributed by atoms with van der Waals surface area (Å²) in [7, 11) is -3.32. The fourth-order valence-corrected chi connectivity index (χ4v) is 5.95. The molecule has 122 valence electrons. The molecule has 1 N–H and O–H groups in total. The molecule has 0 spiro atoms. The van der Waals surface area contributed by atoms with E-state index in [2.05, 4.69) is 15.9 Å². The molecule has 1 aliphatic heterocycles. The van der Waals surface area contributed by atoms with E-state index in [1.54, 1.807) is 0 Å². The van der Waals surface area contributed by atoms with Gasteiger partial charge in [-0.05, 0) is 49.8 Å².